The van der Waals surface area contributed by atoms with Crippen molar-refractivity contribution in [1.82, 2.24) is 5.32 Å². The van der Waals surface area contributed by atoms with Crippen molar-refractivity contribution in [3.8, 4) is 0 Å². The fourth-order valence-corrected chi connectivity index (χ4v) is 4.70. The molecule has 3 aromatic rings. The van der Waals surface area contributed by atoms with E-state index in [1.54, 1.807) is 24.3 Å². The summed E-state index contributed by atoms with van der Waals surface area (Å²) in [6.07, 6.45) is 1.48. The van der Waals surface area contributed by atoms with Crippen molar-refractivity contribution in [3.05, 3.63) is 107 Å². The molecule has 0 bridgehead atoms. The predicted molar refractivity (Wildman–Crippen MR) is 125 cm³/mol. The summed E-state index contributed by atoms with van der Waals surface area (Å²) < 4.78 is 27.9. The third-order valence-corrected chi connectivity index (χ3v) is 6.85. The highest BCUT2D eigenvalue weighted by Crippen LogP contribution is 2.28. The minimum atomic E-state index is -3.99. The Kier molecular flexibility index (Phi) is 7.38. The van der Waals surface area contributed by atoms with Crippen molar-refractivity contribution in [2.75, 3.05) is 10.8 Å². The van der Waals surface area contributed by atoms with Crippen LogP contribution in [0.2, 0.25) is 10.0 Å². The summed E-state index contributed by atoms with van der Waals surface area (Å²) in [6.45, 7) is 3.98. The number of nitrogens with one attached hydrogen (secondary N) is 1. The molecule has 0 aliphatic carbocycles. The molecule has 3 rings (SSSR count). The lowest BCUT2D eigenvalue weighted by atomic mass is 10.2. The fourth-order valence-electron chi connectivity index (χ4n) is 2.91. The molecule has 0 saturated carbocycles. The van der Waals surface area contributed by atoms with Gasteiger partial charge < -0.3 is 5.32 Å². The first kappa shape index (κ1) is 22.9. The first-order valence-corrected chi connectivity index (χ1v) is 11.5. The molecule has 5 nitrogen and oxygen atoms in total. The van der Waals surface area contributed by atoms with Crippen LogP contribution in [0, 0.1) is 0 Å². The number of sulfonamides is 1. The molecule has 0 aliphatic heterocycles. The zero-order valence-corrected chi connectivity index (χ0v) is 18.8. The number of hydrogen-bond acceptors (Lipinski definition) is 3. The molecule has 3 aromatic carbocycles. The van der Waals surface area contributed by atoms with Gasteiger partial charge in [0.1, 0.15) is 0 Å². The van der Waals surface area contributed by atoms with Gasteiger partial charge in [0, 0.05) is 11.6 Å². The Morgan fingerprint density at radius 1 is 1.00 bits per heavy atom. The summed E-state index contributed by atoms with van der Waals surface area (Å²) in [5.74, 6) is -0.465. The summed E-state index contributed by atoms with van der Waals surface area (Å²) in [7, 11) is -3.99. The second-order valence-electron chi connectivity index (χ2n) is 6.61. The predicted octanol–water partition coefficient (Wildman–Crippen LogP) is 5.30. The molecule has 1 amide bonds. The number of benzene rings is 3. The number of amides is 1. The van der Waals surface area contributed by atoms with E-state index in [1.807, 2.05) is 30.3 Å². The normalized spacial score (nSPS) is 11.0. The molecule has 0 unspecified atom stereocenters. The Hall–Kier alpha value is -2.80. The van der Waals surface area contributed by atoms with Gasteiger partial charge in [-0.2, -0.15) is 0 Å². The van der Waals surface area contributed by atoms with Crippen LogP contribution in [-0.4, -0.2) is 20.9 Å². The van der Waals surface area contributed by atoms with Gasteiger partial charge in [-0.1, -0.05) is 59.6 Å². The van der Waals surface area contributed by atoms with E-state index in [1.165, 1.54) is 28.6 Å². The number of rotatable bonds is 8. The molecule has 31 heavy (non-hydrogen) atoms. The van der Waals surface area contributed by atoms with Gasteiger partial charge in [0.15, 0.2) is 0 Å². The van der Waals surface area contributed by atoms with Crippen molar-refractivity contribution in [2.24, 2.45) is 0 Å². The van der Waals surface area contributed by atoms with E-state index in [9.17, 15) is 13.2 Å². The molecule has 0 aromatic heterocycles. The van der Waals surface area contributed by atoms with E-state index in [4.69, 9.17) is 23.2 Å². The van der Waals surface area contributed by atoms with Crippen molar-refractivity contribution in [2.45, 2.75) is 11.4 Å². The van der Waals surface area contributed by atoms with Gasteiger partial charge in [0.05, 0.1) is 27.7 Å². The minimum Gasteiger partial charge on any atom is -0.348 e. The number of anilines is 1. The molecule has 0 fully saturated rings. The van der Waals surface area contributed by atoms with Gasteiger partial charge in [0.25, 0.3) is 15.9 Å². The Bertz CT molecular complexity index is 1180. The molecule has 8 heteroatoms. The van der Waals surface area contributed by atoms with Crippen molar-refractivity contribution in [1.29, 1.82) is 0 Å². The summed E-state index contributed by atoms with van der Waals surface area (Å²) in [6, 6.07) is 19.8. The topological polar surface area (TPSA) is 66.5 Å². The fraction of sp³-hybridized carbons (Fsp3) is 0.0870. The number of nitrogens with zero attached hydrogens (tertiary/aromatic N) is 1. The largest absolute Gasteiger partial charge is 0.348 e. The number of halogens is 2. The van der Waals surface area contributed by atoms with E-state index >= 15 is 0 Å². The van der Waals surface area contributed by atoms with Gasteiger partial charge in [-0.05, 0) is 48.0 Å². The van der Waals surface area contributed by atoms with Gasteiger partial charge in [-0.25, -0.2) is 8.42 Å². The van der Waals surface area contributed by atoms with Crippen LogP contribution in [-0.2, 0) is 16.6 Å². The Balaban J connectivity index is 1.91. The summed E-state index contributed by atoms with van der Waals surface area (Å²) >= 11 is 12.1. The zero-order chi connectivity index (χ0) is 22.4. The quantitative estimate of drug-likeness (QED) is 0.450. The van der Waals surface area contributed by atoms with Crippen LogP contribution in [0.1, 0.15) is 15.9 Å². The average molecular weight is 475 g/mol. The van der Waals surface area contributed by atoms with Crippen LogP contribution in [0.5, 0.6) is 0 Å². The van der Waals surface area contributed by atoms with Gasteiger partial charge in [0.2, 0.25) is 0 Å². The number of hydrogen-bond donors (Lipinski definition) is 1. The number of carbonyl (C=O) groups is 1. The van der Waals surface area contributed by atoms with Crippen LogP contribution >= 0.6 is 23.2 Å². The lowest BCUT2D eigenvalue weighted by Crippen LogP contribution is -2.31. The number of carbonyl (C=O) groups excluding carboxylic acids is 1. The Morgan fingerprint density at radius 3 is 2.32 bits per heavy atom. The lowest BCUT2D eigenvalue weighted by Gasteiger charge is -2.23. The van der Waals surface area contributed by atoms with E-state index in [2.05, 4.69) is 11.9 Å². The molecule has 0 atom stereocenters. The SMILES string of the molecule is C=CCN(c1ccc(Cl)cc1)S(=O)(=O)c1ccc(Cl)c(C(=O)NCc2ccccc2)c1. The van der Waals surface area contributed by atoms with Crippen molar-refractivity contribution < 1.29 is 13.2 Å². The zero-order valence-electron chi connectivity index (χ0n) is 16.5. The van der Waals surface area contributed by atoms with Gasteiger partial charge >= 0.3 is 0 Å². The Morgan fingerprint density at radius 2 is 1.68 bits per heavy atom. The average Bonchev–Trinajstić information content (AvgIpc) is 2.77. The molecule has 0 aliphatic rings. The molecule has 0 spiro atoms. The molecular weight excluding hydrogens is 455 g/mol. The molecule has 160 valence electrons. The van der Waals surface area contributed by atoms with Gasteiger partial charge in [-0.15, -0.1) is 6.58 Å². The van der Waals surface area contributed by atoms with E-state index in [-0.39, 0.29) is 22.0 Å². The second-order valence-corrected chi connectivity index (χ2v) is 9.32. The molecule has 0 radical (unpaired) electrons. The molecule has 1 N–H and O–H groups in total. The van der Waals surface area contributed by atoms with E-state index in [0.29, 0.717) is 17.3 Å². The van der Waals surface area contributed by atoms with Crippen molar-refractivity contribution in [3.63, 3.8) is 0 Å². The maximum absolute atomic E-state index is 13.3. The first-order valence-electron chi connectivity index (χ1n) is 9.34. The summed E-state index contributed by atoms with van der Waals surface area (Å²) in [5, 5.41) is 3.41. The Labute approximate surface area is 192 Å². The standard InChI is InChI=1S/C23H20Cl2N2O3S/c1-2-14-27(19-10-8-18(24)9-11-19)31(29,30)20-12-13-22(25)21(15-20)23(28)26-16-17-6-4-3-5-7-17/h2-13,15H,1,14,16H2,(H,26,28). The van der Waals surface area contributed by atoms with Crippen LogP contribution in [0.3, 0.4) is 0 Å². The first-order chi connectivity index (χ1) is 14.8. The third kappa shape index (κ3) is 5.47. The van der Waals surface area contributed by atoms with Crippen molar-refractivity contribution >= 4 is 44.8 Å². The molecular formula is C23H20Cl2N2O3S. The van der Waals surface area contributed by atoms with Gasteiger partial charge in [-0.3, -0.25) is 9.10 Å². The molecule has 0 heterocycles. The minimum absolute atomic E-state index is 0.0438. The maximum atomic E-state index is 13.3. The maximum Gasteiger partial charge on any atom is 0.264 e. The lowest BCUT2D eigenvalue weighted by molar-refractivity contribution is 0.0951. The van der Waals surface area contributed by atoms with Crippen LogP contribution in [0.15, 0.2) is 90.3 Å². The van der Waals surface area contributed by atoms with E-state index in [0.717, 1.165) is 5.56 Å². The van der Waals surface area contributed by atoms with Crippen LogP contribution < -0.4 is 9.62 Å². The molecule has 0 saturated heterocycles. The van der Waals surface area contributed by atoms with Crippen LogP contribution in [0.25, 0.3) is 0 Å². The second kappa shape index (κ2) is 10.0. The highest BCUT2D eigenvalue weighted by atomic mass is 35.5. The monoisotopic (exact) mass is 474 g/mol. The smallest absolute Gasteiger partial charge is 0.264 e. The third-order valence-electron chi connectivity index (χ3n) is 4.48. The van der Waals surface area contributed by atoms with E-state index < -0.39 is 15.9 Å². The highest BCUT2D eigenvalue weighted by Gasteiger charge is 2.26. The summed E-state index contributed by atoms with van der Waals surface area (Å²) in [4.78, 5) is 12.6. The summed E-state index contributed by atoms with van der Waals surface area (Å²) in [5.41, 5.74) is 1.42. The van der Waals surface area contributed by atoms with Crippen LogP contribution in [0.4, 0.5) is 5.69 Å². The highest BCUT2D eigenvalue weighted by molar-refractivity contribution is 7.92.